The topological polar surface area (TPSA) is 75.4 Å². The highest BCUT2D eigenvalue weighted by Gasteiger charge is 2.36. The van der Waals surface area contributed by atoms with Gasteiger partial charge in [0.25, 0.3) is 0 Å². The summed E-state index contributed by atoms with van der Waals surface area (Å²) in [5.74, 6) is -0.0531. The van der Waals surface area contributed by atoms with Gasteiger partial charge in [-0.1, -0.05) is 20.8 Å². The predicted octanol–water partition coefficient (Wildman–Crippen LogP) is 1.56. The first-order valence-electron chi connectivity index (χ1n) is 7.01. The van der Waals surface area contributed by atoms with Crippen molar-refractivity contribution in [3.05, 3.63) is 0 Å². The summed E-state index contributed by atoms with van der Waals surface area (Å²) >= 11 is 0. The zero-order valence-corrected chi connectivity index (χ0v) is 12.0. The number of carbonyl (C=O) groups is 1. The largest absolute Gasteiger partial charge is 0.388 e. The van der Waals surface area contributed by atoms with Crippen LogP contribution in [0.3, 0.4) is 0 Å². The van der Waals surface area contributed by atoms with E-state index in [-0.39, 0.29) is 11.9 Å². The van der Waals surface area contributed by atoms with Crippen molar-refractivity contribution in [1.29, 1.82) is 0 Å². The maximum absolute atomic E-state index is 11.6. The lowest BCUT2D eigenvalue weighted by molar-refractivity contribution is -0.123. The van der Waals surface area contributed by atoms with Crippen LogP contribution < -0.4 is 11.1 Å². The summed E-state index contributed by atoms with van der Waals surface area (Å²) in [6.45, 7) is 6.78. The minimum Gasteiger partial charge on any atom is -0.388 e. The van der Waals surface area contributed by atoms with Crippen LogP contribution in [-0.2, 0) is 4.79 Å². The summed E-state index contributed by atoms with van der Waals surface area (Å²) in [6, 6.07) is -0.0788. The molecule has 0 aromatic heterocycles. The number of hydrogen-bond donors (Lipinski definition) is 3. The monoisotopic (exact) mass is 256 g/mol. The van der Waals surface area contributed by atoms with Crippen LogP contribution in [0.15, 0.2) is 0 Å². The third kappa shape index (κ3) is 4.94. The molecule has 0 saturated heterocycles. The molecule has 0 bridgehead atoms. The van der Waals surface area contributed by atoms with Gasteiger partial charge in [-0.05, 0) is 37.5 Å². The van der Waals surface area contributed by atoms with Gasteiger partial charge in [0.1, 0.15) is 0 Å². The maximum Gasteiger partial charge on any atom is 0.221 e. The van der Waals surface area contributed by atoms with E-state index in [0.29, 0.717) is 18.4 Å². The minimum atomic E-state index is -0.721. The molecular formula is C14H28N2O2. The molecule has 1 aliphatic rings. The fourth-order valence-corrected chi connectivity index (χ4v) is 2.29. The first-order chi connectivity index (χ1) is 8.26. The summed E-state index contributed by atoms with van der Waals surface area (Å²) in [7, 11) is 0. The predicted molar refractivity (Wildman–Crippen MR) is 73.1 cm³/mol. The molecule has 1 saturated carbocycles. The van der Waals surface area contributed by atoms with E-state index in [0.717, 1.165) is 32.1 Å². The summed E-state index contributed by atoms with van der Waals surface area (Å²) in [5.41, 5.74) is 5.33. The Morgan fingerprint density at radius 1 is 1.33 bits per heavy atom. The van der Waals surface area contributed by atoms with Crippen molar-refractivity contribution < 1.29 is 9.90 Å². The molecule has 0 heterocycles. The number of amides is 1. The van der Waals surface area contributed by atoms with Gasteiger partial charge in [0.2, 0.25) is 5.91 Å². The molecule has 0 aromatic rings. The molecule has 106 valence electrons. The quantitative estimate of drug-likeness (QED) is 0.699. The molecule has 1 fully saturated rings. The average Bonchev–Trinajstić information content (AvgIpc) is 2.31. The van der Waals surface area contributed by atoms with E-state index in [1.165, 1.54) is 0 Å². The average molecular weight is 256 g/mol. The molecule has 0 aromatic carbocycles. The highest BCUT2D eigenvalue weighted by Crippen LogP contribution is 2.39. The normalized spacial score (nSPS) is 23.4. The van der Waals surface area contributed by atoms with Crippen molar-refractivity contribution in [3.63, 3.8) is 0 Å². The Morgan fingerprint density at radius 2 is 1.89 bits per heavy atom. The first kappa shape index (κ1) is 15.4. The summed E-state index contributed by atoms with van der Waals surface area (Å²) in [6.07, 6.45) is 4.69. The molecule has 1 atom stereocenters. The fourth-order valence-electron chi connectivity index (χ4n) is 2.29. The lowest BCUT2D eigenvalue weighted by Gasteiger charge is -2.40. The van der Waals surface area contributed by atoms with Gasteiger partial charge in [-0.25, -0.2) is 0 Å². The zero-order chi connectivity index (χ0) is 13.8. The van der Waals surface area contributed by atoms with Gasteiger partial charge in [-0.15, -0.1) is 0 Å². The summed E-state index contributed by atoms with van der Waals surface area (Å²) in [5, 5.41) is 13.2. The van der Waals surface area contributed by atoms with Gasteiger partial charge in [0, 0.05) is 19.0 Å². The zero-order valence-electron chi connectivity index (χ0n) is 12.0. The molecule has 4 heteroatoms. The molecule has 0 radical (unpaired) electrons. The van der Waals surface area contributed by atoms with Crippen LogP contribution in [-0.4, -0.2) is 29.2 Å². The van der Waals surface area contributed by atoms with Crippen LogP contribution in [0.4, 0.5) is 0 Å². The van der Waals surface area contributed by atoms with E-state index in [1.807, 2.05) is 6.92 Å². The molecule has 1 amide bonds. The van der Waals surface area contributed by atoms with E-state index in [1.54, 1.807) is 0 Å². The van der Waals surface area contributed by atoms with E-state index in [2.05, 4.69) is 19.2 Å². The molecule has 1 unspecified atom stereocenters. The van der Waals surface area contributed by atoms with E-state index in [9.17, 15) is 9.90 Å². The van der Waals surface area contributed by atoms with Crippen molar-refractivity contribution in [2.75, 3.05) is 6.54 Å². The smallest absolute Gasteiger partial charge is 0.221 e. The van der Waals surface area contributed by atoms with Crippen molar-refractivity contribution in [3.8, 4) is 0 Å². The second-order valence-electron chi connectivity index (χ2n) is 6.54. The molecule has 1 aliphatic carbocycles. The Labute approximate surface area is 110 Å². The van der Waals surface area contributed by atoms with Crippen molar-refractivity contribution in [2.45, 2.75) is 70.9 Å². The Hall–Kier alpha value is -0.610. The van der Waals surface area contributed by atoms with Crippen LogP contribution >= 0.6 is 0 Å². The second kappa shape index (κ2) is 6.02. The lowest BCUT2D eigenvalue weighted by Crippen LogP contribution is -2.47. The number of aliphatic hydroxyl groups is 1. The third-order valence-corrected chi connectivity index (χ3v) is 4.12. The van der Waals surface area contributed by atoms with E-state index in [4.69, 9.17) is 5.73 Å². The van der Waals surface area contributed by atoms with Crippen molar-refractivity contribution >= 4 is 5.91 Å². The third-order valence-electron chi connectivity index (χ3n) is 4.12. The SMILES string of the molecule is CCC(N)CC(=O)NCC1(O)CCC(C)(C)CC1. The van der Waals surface area contributed by atoms with Gasteiger partial charge in [-0.2, -0.15) is 0 Å². The molecular weight excluding hydrogens is 228 g/mol. The number of nitrogens with two attached hydrogens (primary N) is 1. The molecule has 4 N–H and O–H groups in total. The number of hydrogen-bond acceptors (Lipinski definition) is 3. The molecule has 0 aliphatic heterocycles. The van der Waals surface area contributed by atoms with Gasteiger partial charge in [0.05, 0.1) is 5.60 Å². The van der Waals surface area contributed by atoms with Crippen LogP contribution in [0.1, 0.15) is 59.3 Å². The standard InChI is InChI=1S/C14H28N2O2/c1-4-11(15)9-12(17)16-10-14(18)7-5-13(2,3)6-8-14/h11,18H,4-10,15H2,1-3H3,(H,16,17). The van der Waals surface area contributed by atoms with Crippen LogP contribution in [0, 0.1) is 5.41 Å². The Balaban J connectivity index is 2.32. The van der Waals surface area contributed by atoms with Gasteiger partial charge in [0.15, 0.2) is 0 Å². The maximum atomic E-state index is 11.6. The second-order valence-corrected chi connectivity index (χ2v) is 6.54. The highest BCUT2D eigenvalue weighted by molar-refractivity contribution is 5.76. The van der Waals surface area contributed by atoms with Gasteiger partial charge >= 0.3 is 0 Å². The van der Waals surface area contributed by atoms with E-state index >= 15 is 0 Å². The van der Waals surface area contributed by atoms with Gasteiger partial charge < -0.3 is 16.2 Å². The number of nitrogens with one attached hydrogen (secondary N) is 1. The summed E-state index contributed by atoms with van der Waals surface area (Å²) in [4.78, 5) is 11.6. The highest BCUT2D eigenvalue weighted by atomic mass is 16.3. The molecule has 4 nitrogen and oxygen atoms in total. The number of carbonyl (C=O) groups excluding carboxylic acids is 1. The number of rotatable bonds is 5. The van der Waals surface area contributed by atoms with E-state index < -0.39 is 5.60 Å². The van der Waals surface area contributed by atoms with Crippen LogP contribution in [0.5, 0.6) is 0 Å². The van der Waals surface area contributed by atoms with Gasteiger partial charge in [-0.3, -0.25) is 4.79 Å². The Kier molecular flexibility index (Phi) is 5.17. The minimum absolute atomic E-state index is 0.0531. The first-order valence-corrected chi connectivity index (χ1v) is 7.01. The molecule has 0 spiro atoms. The Bertz CT molecular complexity index is 280. The van der Waals surface area contributed by atoms with Crippen LogP contribution in [0.25, 0.3) is 0 Å². The van der Waals surface area contributed by atoms with Crippen molar-refractivity contribution in [2.24, 2.45) is 11.1 Å². The fraction of sp³-hybridized carbons (Fsp3) is 0.929. The lowest BCUT2D eigenvalue weighted by atomic mass is 9.71. The molecule has 1 rings (SSSR count). The Morgan fingerprint density at radius 3 is 2.39 bits per heavy atom. The van der Waals surface area contributed by atoms with Crippen molar-refractivity contribution in [1.82, 2.24) is 5.32 Å². The van der Waals surface area contributed by atoms with Crippen LogP contribution in [0.2, 0.25) is 0 Å². The molecule has 18 heavy (non-hydrogen) atoms. The summed E-state index contributed by atoms with van der Waals surface area (Å²) < 4.78 is 0.